The Bertz CT molecular complexity index is 1360. The van der Waals surface area contributed by atoms with Crippen LogP contribution >= 0.6 is 7.75 Å². The van der Waals surface area contributed by atoms with Gasteiger partial charge in [-0.1, -0.05) is 25.1 Å². The molecule has 0 aliphatic carbocycles. The van der Waals surface area contributed by atoms with Gasteiger partial charge in [0.05, 0.1) is 12.4 Å². The summed E-state index contributed by atoms with van der Waals surface area (Å²) in [5.74, 6) is -2.72. The lowest BCUT2D eigenvalue weighted by Crippen LogP contribution is -2.37. The fraction of sp³-hybridized carbons (Fsp3) is 0.500. The molecular weight excluding hydrogens is 532 g/mol. The number of para-hydroxylation sites is 1. The number of aromatic nitrogens is 4. The number of imidazole rings is 1. The Balaban J connectivity index is 1.53. The fourth-order valence-corrected chi connectivity index (χ4v) is 5.72. The maximum absolute atomic E-state index is 16.0. The van der Waals surface area contributed by atoms with Crippen molar-refractivity contribution in [2.24, 2.45) is 5.92 Å². The number of fused-ring (bicyclic) bond motifs is 1. The van der Waals surface area contributed by atoms with Crippen molar-refractivity contribution in [2.75, 3.05) is 24.7 Å². The number of benzene rings is 1. The number of nitrogens with zero attached hydrogens (tertiary/aromatic N) is 4. The van der Waals surface area contributed by atoms with Crippen LogP contribution in [0.4, 0.5) is 16.2 Å². The Labute approximate surface area is 225 Å². The first-order valence-corrected chi connectivity index (χ1v) is 14.0. The minimum Gasteiger partial charge on any atom is -0.462 e. The average molecular weight is 566 g/mol. The first kappa shape index (κ1) is 28.7. The number of carbonyl (C=O) groups excluding carboxylic acids is 1. The van der Waals surface area contributed by atoms with E-state index in [1.807, 2.05) is 0 Å². The molecule has 1 aliphatic rings. The summed E-state index contributed by atoms with van der Waals surface area (Å²) < 4.78 is 53.4. The second-order valence-electron chi connectivity index (χ2n) is 9.59. The molecule has 4 rings (SSSR count). The summed E-state index contributed by atoms with van der Waals surface area (Å²) in [5, 5.41) is 5.45. The van der Waals surface area contributed by atoms with Crippen LogP contribution in [0, 0.1) is 5.92 Å². The second kappa shape index (κ2) is 11.4. The molecule has 39 heavy (non-hydrogen) atoms. The molecule has 0 radical (unpaired) electrons. The van der Waals surface area contributed by atoms with Gasteiger partial charge in [-0.25, -0.2) is 13.9 Å². The maximum atomic E-state index is 16.0. The summed E-state index contributed by atoms with van der Waals surface area (Å²) in [6.45, 7) is 5.87. The van der Waals surface area contributed by atoms with E-state index < -0.39 is 38.4 Å². The number of rotatable bonds is 11. The van der Waals surface area contributed by atoms with Gasteiger partial charge in [0.15, 0.2) is 17.0 Å². The van der Waals surface area contributed by atoms with Gasteiger partial charge in [-0.05, 0) is 32.9 Å². The van der Waals surface area contributed by atoms with Crippen LogP contribution < -0.4 is 20.7 Å². The molecular formula is C24H33FN7O6P. The van der Waals surface area contributed by atoms with E-state index in [0.29, 0.717) is 17.0 Å². The number of nitrogens with one attached hydrogen (secondary N) is 2. The predicted molar refractivity (Wildman–Crippen MR) is 141 cm³/mol. The Morgan fingerprint density at radius 1 is 1.31 bits per heavy atom. The van der Waals surface area contributed by atoms with Gasteiger partial charge in [-0.15, -0.1) is 0 Å². The van der Waals surface area contributed by atoms with E-state index in [9.17, 15) is 9.36 Å². The van der Waals surface area contributed by atoms with Crippen LogP contribution in [0.3, 0.4) is 0 Å². The molecule has 1 fully saturated rings. The van der Waals surface area contributed by atoms with E-state index in [0.717, 1.165) is 0 Å². The van der Waals surface area contributed by atoms with Crippen LogP contribution in [0.15, 0.2) is 36.7 Å². The third kappa shape index (κ3) is 6.64. The second-order valence-corrected chi connectivity index (χ2v) is 11.3. The van der Waals surface area contributed by atoms with Gasteiger partial charge in [0, 0.05) is 19.4 Å². The Hall–Kier alpha value is -3.32. The molecule has 0 unspecified atom stereocenters. The average Bonchev–Trinajstić information content (AvgIpc) is 3.42. The van der Waals surface area contributed by atoms with Crippen molar-refractivity contribution < 1.29 is 32.3 Å². The summed E-state index contributed by atoms with van der Waals surface area (Å²) in [5.41, 5.74) is 6.65. The highest BCUT2D eigenvalue weighted by Crippen LogP contribution is 2.49. The largest absolute Gasteiger partial charge is 0.462 e. The van der Waals surface area contributed by atoms with Crippen molar-refractivity contribution >= 4 is 36.6 Å². The van der Waals surface area contributed by atoms with E-state index in [-0.39, 0.29) is 30.1 Å². The highest BCUT2D eigenvalue weighted by molar-refractivity contribution is 7.52. The Morgan fingerprint density at radius 2 is 2.03 bits per heavy atom. The molecule has 3 aromatic rings. The van der Waals surface area contributed by atoms with Gasteiger partial charge in [-0.2, -0.15) is 15.1 Å². The molecule has 3 heterocycles. The zero-order valence-corrected chi connectivity index (χ0v) is 23.2. The number of nitrogens with two attached hydrogens (primary N) is 1. The van der Waals surface area contributed by atoms with E-state index in [4.69, 9.17) is 24.3 Å². The smallest absolute Gasteiger partial charge is 0.459 e. The van der Waals surface area contributed by atoms with Crippen LogP contribution in [-0.4, -0.2) is 57.1 Å². The Morgan fingerprint density at radius 3 is 2.69 bits per heavy atom. The fourth-order valence-electron chi connectivity index (χ4n) is 4.20. The number of ether oxygens (including phenoxy) is 2. The molecule has 15 heteroatoms. The van der Waals surface area contributed by atoms with Gasteiger partial charge >= 0.3 is 13.7 Å². The SMILES string of the molecule is CNc1nc(N)nc2c1ncn2[C@@H]1O[C@](F)(CO[P@@](=O)(N[C@@H](C)C(=O)OC(C)C)Oc2ccccc2)C[C@@H]1C. The molecule has 1 aliphatic heterocycles. The molecule has 5 atom stereocenters. The summed E-state index contributed by atoms with van der Waals surface area (Å²) in [4.78, 5) is 25.0. The number of anilines is 2. The van der Waals surface area contributed by atoms with Crippen LogP contribution in [0.2, 0.25) is 0 Å². The van der Waals surface area contributed by atoms with Crippen LogP contribution in [0.25, 0.3) is 11.2 Å². The number of nitrogen functional groups attached to an aromatic ring is 1. The van der Waals surface area contributed by atoms with Gasteiger partial charge in [0.25, 0.3) is 0 Å². The van der Waals surface area contributed by atoms with E-state index in [1.165, 1.54) is 13.3 Å². The summed E-state index contributed by atoms with van der Waals surface area (Å²) in [6.07, 6.45) is 0.179. The van der Waals surface area contributed by atoms with Crippen molar-refractivity contribution in [3.8, 4) is 5.75 Å². The normalized spacial score (nSPS) is 23.5. The van der Waals surface area contributed by atoms with Crippen molar-refractivity contribution in [3.63, 3.8) is 0 Å². The van der Waals surface area contributed by atoms with Gasteiger partial charge in [0.2, 0.25) is 11.8 Å². The number of carbonyl (C=O) groups is 1. The quantitative estimate of drug-likeness (QED) is 0.228. The highest BCUT2D eigenvalue weighted by Gasteiger charge is 2.49. The molecule has 212 valence electrons. The van der Waals surface area contributed by atoms with E-state index in [2.05, 4.69) is 25.4 Å². The minimum atomic E-state index is -4.28. The zero-order valence-electron chi connectivity index (χ0n) is 22.3. The molecule has 4 N–H and O–H groups in total. The number of esters is 1. The van der Waals surface area contributed by atoms with Crippen LogP contribution in [0.5, 0.6) is 5.75 Å². The van der Waals surface area contributed by atoms with Crippen molar-refractivity contribution in [3.05, 3.63) is 36.7 Å². The first-order chi connectivity index (χ1) is 18.4. The van der Waals surface area contributed by atoms with Crippen LogP contribution in [-0.2, 0) is 23.4 Å². The lowest BCUT2D eigenvalue weighted by Gasteiger charge is -2.26. The van der Waals surface area contributed by atoms with Gasteiger partial charge in [0.1, 0.15) is 24.6 Å². The Kier molecular flexibility index (Phi) is 8.40. The third-order valence-electron chi connectivity index (χ3n) is 5.87. The van der Waals surface area contributed by atoms with Crippen molar-refractivity contribution in [1.29, 1.82) is 0 Å². The standard InChI is InChI=1S/C24H33FN7O6P/c1-14(2)36-22(33)16(4)31-39(34,38-17-9-7-6-8-10-17)35-12-24(25)11-15(3)21(37-24)32-13-28-18-19(27-5)29-23(26)30-20(18)32/h6-10,13-16,21H,11-12H2,1-5H3,(H,31,34)(H3,26,27,29,30)/t15-,16-,21+,24-,39-/m0/s1. The van der Waals surface area contributed by atoms with Crippen molar-refractivity contribution in [1.82, 2.24) is 24.6 Å². The maximum Gasteiger partial charge on any atom is 0.459 e. The molecule has 0 amide bonds. The monoisotopic (exact) mass is 565 g/mol. The van der Waals surface area contributed by atoms with E-state index >= 15 is 4.39 Å². The predicted octanol–water partition coefficient (Wildman–Crippen LogP) is 3.80. The van der Waals surface area contributed by atoms with Crippen LogP contribution in [0.1, 0.15) is 40.3 Å². The molecule has 1 aromatic carbocycles. The summed E-state index contributed by atoms with van der Waals surface area (Å²) in [7, 11) is -2.61. The molecule has 0 bridgehead atoms. The number of hydrogen-bond acceptors (Lipinski definition) is 11. The molecule has 0 saturated carbocycles. The number of alkyl halides is 1. The molecule has 13 nitrogen and oxygen atoms in total. The highest BCUT2D eigenvalue weighted by atomic mass is 31.2. The summed E-state index contributed by atoms with van der Waals surface area (Å²) in [6, 6.07) is 7.13. The summed E-state index contributed by atoms with van der Waals surface area (Å²) >= 11 is 0. The third-order valence-corrected chi connectivity index (χ3v) is 7.49. The molecule has 1 saturated heterocycles. The van der Waals surface area contributed by atoms with Crippen molar-refractivity contribution in [2.45, 2.75) is 58.3 Å². The van der Waals surface area contributed by atoms with E-state index in [1.54, 1.807) is 62.7 Å². The van der Waals surface area contributed by atoms with Gasteiger partial charge in [-0.3, -0.25) is 13.9 Å². The molecule has 0 spiro atoms. The lowest BCUT2D eigenvalue weighted by atomic mass is 10.1. The molecule has 2 aromatic heterocycles. The first-order valence-electron chi connectivity index (χ1n) is 12.4. The zero-order chi connectivity index (χ0) is 28.4. The minimum absolute atomic E-state index is 0.0179. The lowest BCUT2D eigenvalue weighted by molar-refractivity contribution is -0.173. The van der Waals surface area contributed by atoms with Gasteiger partial charge < -0.3 is 25.0 Å². The number of halogens is 1. The number of hydrogen-bond donors (Lipinski definition) is 3. The topological polar surface area (TPSA) is 165 Å².